The van der Waals surface area contributed by atoms with Crippen molar-refractivity contribution in [2.75, 3.05) is 13.1 Å². The van der Waals surface area contributed by atoms with Gasteiger partial charge in [-0.25, -0.2) is 4.68 Å². The van der Waals surface area contributed by atoms with Gasteiger partial charge in [-0.3, -0.25) is 19.7 Å². The lowest BCUT2D eigenvalue weighted by molar-refractivity contribution is 0.0683. The van der Waals surface area contributed by atoms with Gasteiger partial charge in [-0.05, 0) is 61.1 Å². The van der Waals surface area contributed by atoms with Crippen LogP contribution in [0.15, 0.2) is 53.5 Å². The molecule has 2 aromatic heterocycles. The number of nitrogens with zero attached hydrogens (tertiary/aromatic N) is 3. The number of H-pyrrole nitrogens is 1. The van der Waals surface area contributed by atoms with Crippen LogP contribution in [-0.4, -0.2) is 38.7 Å². The van der Waals surface area contributed by atoms with Crippen LogP contribution in [0.25, 0.3) is 27.5 Å². The number of fused-ring (bicyclic) bond motifs is 3. The molecule has 1 aliphatic rings. The third kappa shape index (κ3) is 3.42. The number of likely N-dealkylation sites (tertiary alicyclic amines) is 1. The van der Waals surface area contributed by atoms with Gasteiger partial charge in [0.05, 0.1) is 22.1 Å². The van der Waals surface area contributed by atoms with E-state index in [1.54, 1.807) is 10.9 Å². The molecule has 1 aliphatic heterocycles. The van der Waals surface area contributed by atoms with Crippen molar-refractivity contribution in [2.24, 2.45) is 5.92 Å². The normalized spacial score (nSPS) is 16.8. The van der Waals surface area contributed by atoms with Crippen molar-refractivity contribution in [3.05, 3.63) is 70.1 Å². The Hall–Kier alpha value is -3.41. The van der Waals surface area contributed by atoms with E-state index in [2.05, 4.69) is 23.9 Å². The summed E-state index contributed by atoms with van der Waals surface area (Å²) in [6, 6.07) is 13.5. The van der Waals surface area contributed by atoms with Crippen LogP contribution in [0.5, 0.6) is 0 Å². The zero-order chi connectivity index (χ0) is 21.5. The summed E-state index contributed by atoms with van der Waals surface area (Å²) in [7, 11) is 0. The van der Waals surface area contributed by atoms with Gasteiger partial charge in [0.15, 0.2) is 0 Å². The number of benzene rings is 2. The number of aromatic nitrogens is 3. The largest absolute Gasteiger partial charge is 0.338 e. The first kappa shape index (κ1) is 19.5. The zero-order valence-corrected chi connectivity index (χ0v) is 17.9. The fourth-order valence-electron chi connectivity index (χ4n) is 4.51. The van der Waals surface area contributed by atoms with E-state index >= 15 is 0 Å². The number of rotatable bonds is 3. The SMILES string of the molecule is CCc1ccc(-n2[nH]c3c(cnc4ccc(C(=O)N5CCCC(C)C5)cc43)c2=O)cc1. The summed E-state index contributed by atoms with van der Waals surface area (Å²) < 4.78 is 1.55. The molecule has 4 aromatic rings. The van der Waals surface area contributed by atoms with E-state index in [1.165, 1.54) is 12.0 Å². The van der Waals surface area contributed by atoms with Gasteiger partial charge in [0.25, 0.3) is 11.5 Å². The third-order valence-corrected chi connectivity index (χ3v) is 6.32. The maximum absolute atomic E-state index is 13.1. The average molecular weight is 415 g/mol. The molecule has 1 unspecified atom stereocenters. The van der Waals surface area contributed by atoms with Crippen LogP contribution >= 0.6 is 0 Å². The number of carbonyl (C=O) groups excluding carboxylic acids is 1. The summed E-state index contributed by atoms with van der Waals surface area (Å²) in [4.78, 5) is 32.6. The lowest BCUT2D eigenvalue weighted by Crippen LogP contribution is -2.39. The van der Waals surface area contributed by atoms with Crippen molar-refractivity contribution in [1.82, 2.24) is 19.7 Å². The van der Waals surface area contributed by atoms with E-state index in [0.717, 1.165) is 42.5 Å². The van der Waals surface area contributed by atoms with Crippen molar-refractivity contribution in [3.63, 3.8) is 0 Å². The summed E-state index contributed by atoms with van der Waals surface area (Å²) in [5, 5.41) is 4.56. The molecule has 1 atom stereocenters. The molecule has 0 spiro atoms. The molecule has 0 aliphatic carbocycles. The smallest absolute Gasteiger partial charge is 0.280 e. The van der Waals surface area contributed by atoms with Crippen LogP contribution in [0.4, 0.5) is 0 Å². The molecule has 158 valence electrons. The number of aromatic amines is 1. The van der Waals surface area contributed by atoms with Gasteiger partial charge in [-0.2, -0.15) is 0 Å². The van der Waals surface area contributed by atoms with Crippen molar-refractivity contribution < 1.29 is 4.79 Å². The minimum Gasteiger partial charge on any atom is -0.338 e. The molecule has 3 heterocycles. The quantitative estimate of drug-likeness (QED) is 0.543. The van der Waals surface area contributed by atoms with E-state index in [1.807, 2.05) is 47.4 Å². The van der Waals surface area contributed by atoms with Gasteiger partial charge >= 0.3 is 0 Å². The maximum atomic E-state index is 13.1. The van der Waals surface area contributed by atoms with E-state index in [4.69, 9.17) is 0 Å². The molecule has 1 saturated heterocycles. The Morgan fingerprint density at radius 3 is 2.71 bits per heavy atom. The number of pyridine rings is 1. The first-order valence-electron chi connectivity index (χ1n) is 11.0. The number of hydrogen-bond acceptors (Lipinski definition) is 3. The van der Waals surface area contributed by atoms with Crippen LogP contribution in [-0.2, 0) is 6.42 Å². The van der Waals surface area contributed by atoms with Gasteiger partial charge in [0, 0.05) is 30.2 Å². The molecule has 2 aromatic carbocycles. The Balaban J connectivity index is 1.60. The Morgan fingerprint density at radius 1 is 1.16 bits per heavy atom. The van der Waals surface area contributed by atoms with Gasteiger partial charge in [-0.15, -0.1) is 0 Å². The number of amides is 1. The lowest BCUT2D eigenvalue weighted by Gasteiger charge is -2.31. The maximum Gasteiger partial charge on any atom is 0.280 e. The van der Waals surface area contributed by atoms with E-state index in [9.17, 15) is 9.59 Å². The molecule has 5 rings (SSSR count). The highest BCUT2D eigenvalue weighted by Crippen LogP contribution is 2.24. The molecule has 6 nitrogen and oxygen atoms in total. The molecule has 1 amide bonds. The van der Waals surface area contributed by atoms with Crippen LogP contribution in [0.1, 0.15) is 42.6 Å². The van der Waals surface area contributed by atoms with Crippen molar-refractivity contribution in [2.45, 2.75) is 33.1 Å². The van der Waals surface area contributed by atoms with Crippen LogP contribution < -0.4 is 5.56 Å². The number of nitrogens with one attached hydrogen (secondary N) is 1. The molecule has 0 saturated carbocycles. The third-order valence-electron chi connectivity index (χ3n) is 6.32. The molecule has 31 heavy (non-hydrogen) atoms. The average Bonchev–Trinajstić information content (AvgIpc) is 3.15. The van der Waals surface area contributed by atoms with Gasteiger partial charge in [-0.1, -0.05) is 26.0 Å². The van der Waals surface area contributed by atoms with Crippen LogP contribution in [0, 0.1) is 5.92 Å². The number of piperidine rings is 1. The highest BCUT2D eigenvalue weighted by molar-refractivity contribution is 6.06. The fraction of sp³-hybridized carbons (Fsp3) is 0.320. The Labute approximate surface area is 180 Å². The predicted molar refractivity (Wildman–Crippen MR) is 123 cm³/mol. The standard InChI is InChI=1S/C25H26N4O2/c1-3-17-6-9-19(10-7-17)29-25(31)21-14-26-22-11-8-18(13-20(22)23(21)27-29)24(30)28-12-4-5-16(2)15-28/h6-11,13-14,16,27H,3-5,12,15H2,1-2H3. The van der Waals surface area contributed by atoms with Crippen molar-refractivity contribution >= 4 is 27.7 Å². The fourth-order valence-corrected chi connectivity index (χ4v) is 4.51. The summed E-state index contributed by atoms with van der Waals surface area (Å²) >= 11 is 0. The van der Waals surface area contributed by atoms with E-state index < -0.39 is 0 Å². The minimum atomic E-state index is -0.143. The summed E-state index contributed by atoms with van der Waals surface area (Å²) in [6.45, 7) is 5.88. The first-order chi connectivity index (χ1) is 15.0. The first-order valence-corrected chi connectivity index (χ1v) is 11.0. The van der Waals surface area contributed by atoms with Crippen LogP contribution in [0.2, 0.25) is 0 Å². The molecular formula is C25H26N4O2. The molecule has 0 radical (unpaired) electrons. The van der Waals surface area contributed by atoms with E-state index in [-0.39, 0.29) is 11.5 Å². The summed E-state index contributed by atoms with van der Waals surface area (Å²) in [5.41, 5.74) is 3.95. The second-order valence-corrected chi connectivity index (χ2v) is 8.55. The van der Waals surface area contributed by atoms with Crippen molar-refractivity contribution in [3.8, 4) is 5.69 Å². The molecule has 1 fully saturated rings. The highest BCUT2D eigenvalue weighted by atomic mass is 16.2. The lowest BCUT2D eigenvalue weighted by atomic mass is 9.99. The van der Waals surface area contributed by atoms with Gasteiger partial charge in [0.2, 0.25) is 0 Å². The summed E-state index contributed by atoms with van der Waals surface area (Å²) in [5.74, 6) is 0.568. The minimum absolute atomic E-state index is 0.0439. The zero-order valence-electron chi connectivity index (χ0n) is 17.9. The van der Waals surface area contributed by atoms with Crippen LogP contribution in [0.3, 0.4) is 0 Å². The highest BCUT2D eigenvalue weighted by Gasteiger charge is 2.23. The predicted octanol–water partition coefficient (Wildman–Crippen LogP) is 4.30. The van der Waals surface area contributed by atoms with E-state index in [0.29, 0.717) is 22.4 Å². The Morgan fingerprint density at radius 2 is 1.97 bits per heavy atom. The second-order valence-electron chi connectivity index (χ2n) is 8.55. The number of carbonyl (C=O) groups is 1. The number of aryl methyl sites for hydroxylation is 1. The Bertz CT molecular complexity index is 1330. The number of hydrogen-bond donors (Lipinski definition) is 1. The molecule has 6 heteroatoms. The Kier molecular flexibility index (Phi) is 4.85. The monoisotopic (exact) mass is 414 g/mol. The van der Waals surface area contributed by atoms with Crippen molar-refractivity contribution in [1.29, 1.82) is 0 Å². The van der Waals surface area contributed by atoms with Gasteiger partial charge in [0.1, 0.15) is 0 Å². The molecular weight excluding hydrogens is 388 g/mol. The summed E-state index contributed by atoms with van der Waals surface area (Å²) in [6.07, 6.45) is 4.77. The molecule has 1 N–H and O–H groups in total. The van der Waals surface area contributed by atoms with Gasteiger partial charge < -0.3 is 4.90 Å². The topological polar surface area (TPSA) is 71.0 Å². The second kappa shape index (κ2) is 7.69. The molecule has 0 bridgehead atoms.